The molecule has 2 aliphatic heterocycles. The third kappa shape index (κ3) is 2.09. The van der Waals surface area contributed by atoms with Crippen LogP contribution in [0.4, 0.5) is 0 Å². The Morgan fingerprint density at radius 1 is 1.40 bits per heavy atom. The number of amides is 1. The maximum Gasteiger partial charge on any atom is 0.254 e. The zero-order valence-electron chi connectivity index (χ0n) is 12.2. The minimum absolute atomic E-state index is 0.0694. The number of carbonyl (C=O) groups is 1. The molecular weight excluding hydrogens is 316 g/mol. The summed E-state index contributed by atoms with van der Waals surface area (Å²) in [6.07, 6.45) is 0. The molecule has 0 aliphatic carbocycles. The lowest BCUT2D eigenvalue weighted by Gasteiger charge is -2.36. The van der Waals surface area contributed by atoms with Crippen LogP contribution in [0, 0.1) is 18.8 Å². The fourth-order valence-corrected chi connectivity index (χ4v) is 4.10. The van der Waals surface area contributed by atoms with Crippen molar-refractivity contribution in [1.29, 1.82) is 0 Å². The van der Waals surface area contributed by atoms with Crippen molar-refractivity contribution in [2.45, 2.75) is 26.3 Å². The van der Waals surface area contributed by atoms with E-state index < -0.39 is 0 Å². The van der Waals surface area contributed by atoms with Crippen molar-refractivity contribution >= 4 is 21.8 Å². The Bertz CT molecular complexity index is 555. The van der Waals surface area contributed by atoms with E-state index in [2.05, 4.69) is 40.0 Å². The molecule has 2 unspecified atom stereocenters. The number of hydrogen-bond acceptors (Lipinski definition) is 2. The topological polar surface area (TPSA) is 32.3 Å². The van der Waals surface area contributed by atoms with Crippen LogP contribution < -0.4 is 5.32 Å². The van der Waals surface area contributed by atoms with Crippen LogP contribution in [0.2, 0.25) is 0 Å². The minimum Gasteiger partial charge on any atom is -0.333 e. The average molecular weight is 337 g/mol. The van der Waals surface area contributed by atoms with E-state index in [1.807, 2.05) is 25.1 Å². The molecule has 2 fully saturated rings. The van der Waals surface area contributed by atoms with Gasteiger partial charge in [-0.1, -0.05) is 22.0 Å². The molecule has 0 bridgehead atoms. The predicted molar refractivity (Wildman–Crippen MR) is 83.8 cm³/mol. The molecular formula is C16H21BrN2O. The van der Waals surface area contributed by atoms with Gasteiger partial charge in [0.2, 0.25) is 0 Å². The molecule has 0 aromatic heterocycles. The maximum absolute atomic E-state index is 13.0. The van der Waals surface area contributed by atoms with Gasteiger partial charge in [-0.05, 0) is 50.3 Å². The standard InChI is InChI=1S/C16H21BrN2O/c1-10-4-5-12(17)6-13(10)15(20)19-9-11-7-18-8-14(11)16(19,2)3/h4-6,11,14,18H,7-9H2,1-3H3. The lowest BCUT2D eigenvalue weighted by atomic mass is 9.84. The van der Waals surface area contributed by atoms with Gasteiger partial charge in [0.15, 0.2) is 0 Å². The number of rotatable bonds is 1. The molecule has 3 rings (SSSR count). The van der Waals surface area contributed by atoms with E-state index >= 15 is 0 Å². The van der Waals surface area contributed by atoms with Crippen LogP contribution in [-0.4, -0.2) is 36.0 Å². The highest BCUT2D eigenvalue weighted by Gasteiger charge is 2.51. The molecule has 20 heavy (non-hydrogen) atoms. The van der Waals surface area contributed by atoms with Gasteiger partial charge >= 0.3 is 0 Å². The van der Waals surface area contributed by atoms with E-state index in [-0.39, 0.29) is 11.4 Å². The van der Waals surface area contributed by atoms with Gasteiger partial charge in [-0.15, -0.1) is 0 Å². The fraction of sp³-hybridized carbons (Fsp3) is 0.562. The second-order valence-electron chi connectivity index (χ2n) is 6.55. The average Bonchev–Trinajstić information content (AvgIpc) is 2.94. The predicted octanol–water partition coefficient (Wildman–Crippen LogP) is 2.83. The summed E-state index contributed by atoms with van der Waals surface area (Å²) in [4.78, 5) is 15.0. The summed E-state index contributed by atoms with van der Waals surface area (Å²) in [5.41, 5.74) is 1.80. The van der Waals surface area contributed by atoms with Crippen molar-refractivity contribution in [2.75, 3.05) is 19.6 Å². The highest BCUT2D eigenvalue weighted by molar-refractivity contribution is 9.10. The molecule has 1 aromatic carbocycles. The lowest BCUT2D eigenvalue weighted by Crippen LogP contribution is -2.47. The summed E-state index contributed by atoms with van der Waals surface area (Å²) in [7, 11) is 0. The Hall–Kier alpha value is -0.870. The molecule has 0 spiro atoms. The summed E-state index contributed by atoms with van der Waals surface area (Å²) in [5.74, 6) is 1.34. The minimum atomic E-state index is -0.0694. The number of nitrogens with zero attached hydrogens (tertiary/aromatic N) is 1. The second-order valence-corrected chi connectivity index (χ2v) is 7.47. The Kier molecular flexibility index (Phi) is 3.41. The first-order valence-corrected chi connectivity index (χ1v) is 7.99. The number of hydrogen-bond donors (Lipinski definition) is 1. The Balaban J connectivity index is 1.93. The van der Waals surface area contributed by atoms with Gasteiger partial charge in [-0.25, -0.2) is 0 Å². The molecule has 2 heterocycles. The van der Waals surface area contributed by atoms with Crippen LogP contribution in [0.1, 0.15) is 29.8 Å². The smallest absolute Gasteiger partial charge is 0.254 e. The summed E-state index contributed by atoms with van der Waals surface area (Å²) in [6.45, 7) is 9.35. The molecule has 1 aromatic rings. The second kappa shape index (κ2) is 4.85. The van der Waals surface area contributed by atoms with Gasteiger partial charge in [-0.2, -0.15) is 0 Å². The van der Waals surface area contributed by atoms with E-state index in [0.29, 0.717) is 11.8 Å². The summed E-state index contributed by atoms with van der Waals surface area (Å²) < 4.78 is 0.963. The summed E-state index contributed by atoms with van der Waals surface area (Å²) in [6, 6.07) is 5.93. The quantitative estimate of drug-likeness (QED) is 0.855. The van der Waals surface area contributed by atoms with Crippen LogP contribution in [-0.2, 0) is 0 Å². The highest BCUT2D eigenvalue weighted by atomic mass is 79.9. The van der Waals surface area contributed by atoms with Crippen LogP contribution in [0.5, 0.6) is 0 Å². The Labute approximate surface area is 128 Å². The van der Waals surface area contributed by atoms with Gasteiger partial charge < -0.3 is 10.2 Å². The van der Waals surface area contributed by atoms with Crippen molar-refractivity contribution < 1.29 is 4.79 Å². The van der Waals surface area contributed by atoms with Gasteiger partial charge in [0.05, 0.1) is 0 Å². The number of fused-ring (bicyclic) bond motifs is 1. The molecule has 1 N–H and O–H groups in total. The zero-order valence-corrected chi connectivity index (χ0v) is 13.8. The number of likely N-dealkylation sites (tertiary alicyclic amines) is 1. The molecule has 108 valence electrons. The molecule has 3 nitrogen and oxygen atoms in total. The summed E-state index contributed by atoms with van der Waals surface area (Å²) in [5, 5.41) is 3.45. The molecule has 2 saturated heterocycles. The maximum atomic E-state index is 13.0. The first kappa shape index (κ1) is 14.1. The number of carbonyl (C=O) groups excluding carboxylic acids is 1. The SMILES string of the molecule is Cc1ccc(Br)cc1C(=O)N1CC2CNCC2C1(C)C. The van der Waals surface area contributed by atoms with Gasteiger partial charge in [0.1, 0.15) is 0 Å². The third-order valence-corrected chi connectivity index (χ3v) is 5.53. The number of halogens is 1. The first-order valence-electron chi connectivity index (χ1n) is 7.20. The van der Waals surface area contributed by atoms with Crippen molar-refractivity contribution in [3.8, 4) is 0 Å². The monoisotopic (exact) mass is 336 g/mol. The normalized spacial score (nSPS) is 27.7. The fourth-order valence-electron chi connectivity index (χ4n) is 3.74. The molecule has 0 radical (unpaired) electrons. The van der Waals surface area contributed by atoms with Crippen LogP contribution in [0.25, 0.3) is 0 Å². The molecule has 4 heteroatoms. The zero-order chi connectivity index (χ0) is 14.5. The van der Waals surface area contributed by atoms with E-state index in [4.69, 9.17) is 0 Å². The largest absolute Gasteiger partial charge is 0.333 e. The van der Waals surface area contributed by atoms with E-state index in [1.54, 1.807) is 0 Å². The first-order chi connectivity index (χ1) is 9.41. The molecule has 0 saturated carbocycles. The Morgan fingerprint density at radius 3 is 2.85 bits per heavy atom. The lowest BCUT2D eigenvalue weighted by molar-refractivity contribution is 0.0602. The molecule has 1 amide bonds. The van der Waals surface area contributed by atoms with Gasteiger partial charge in [0, 0.05) is 35.2 Å². The molecule has 2 atom stereocenters. The van der Waals surface area contributed by atoms with Crippen LogP contribution in [0.3, 0.4) is 0 Å². The number of nitrogens with one attached hydrogen (secondary N) is 1. The van der Waals surface area contributed by atoms with Crippen molar-refractivity contribution in [3.05, 3.63) is 33.8 Å². The van der Waals surface area contributed by atoms with Crippen molar-refractivity contribution in [1.82, 2.24) is 10.2 Å². The Morgan fingerprint density at radius 2 is 2.15 bits per heavy atom. The van der Waals surface area contributed by atoms with E-state index in [0.717, 1.165) is 35.2 Å². The van der Waals surface area contributed by atoms with Crippen LogP contribution in [0.15, 0.2) is 22.7 Å². The van der Waals surface area contributed by atoms with E-state index in [9.17, 15) is 4.79 Å². The van der Waals surface area contributed by atoms with Crippen LogP contribution >= 0.6 is 15.9 Å². The molecule has 2 aliphatic rings. The number of benzene rings is 1. The van der Waals surface area contributed by atoms with Crippen molar-refractivity contribution in [2.24, 2.45) is 11.8 Å². The van der Waals surface area contributed by atoms with E-state index in [1.165, 1.54) is 0 Å². The van der Waals surface area contributed by atoms with Gasteiger partial charge in [0.25, 0.3) is 5.91 Å². The third-order valence-electron chi connectivity index (χ3n) is 5.04. The van der Waals surface area contributed by atoms with Crippen molar-refractivity contribution in [3.63, 3.8) is 0 Å². The van der Waals surface area contributed by atoms with Gasteiger partial charge in [-0.3, -0.25) is 4.79 Å². The highest BCUT2D eigenvalue weighted by Crippen LogP contribution is 2.41. The number of aryl methyl sites for hydroxylation is 1. The summed E-state index contributed by atoms with van der Waals surface area (Å²) >= 11 is 3.47.